The second kappa shape index (κ2) is 4.97. The fourth-order valence-corrected chi connectivity index (χ4v) is 4.59. The normalized spacial score (nSPS) is 22.1. The lowest BCUT2D eigenvalue weighted by molar-refractivity contribution is 0.0782. The molecule has 0 amide bonds. The summed E-state index contributed by atoms with van der Waals surface area (Å²) in [7, 11) is 1.96. The van der Waals surface area contributed by atoms with Crippen LogP contribution in [0.1, 0.15) is 41.4 Å². The van der Waals surface area contributed by atoms with Crippen molar-refractivity contribution in [3.05, 3.63) is 16.3 Å². The Kier molecular flexibility index (Phi) is 3.11. The predicted molar refractivity (Wildman–Crippen MR) is 81.8 cm³/mol. The van der Waals surface area contributed by atoms with Gasteiger partial charge >= 0.3 is 0 Å². The highest BCUT2D eigenvalue weighted by atomic mass is 32.1. The first-order valence-electron chi connectivity index (χ1n) is 7.44. The molecule has 2 aromatic rings. The van der Waals surface area contributed by atoms with Crippen LogP contribution < -0.4 is 5.32 Å². The Bertz CT molecular complexity index is 646. The van der Waals surface area contributed by atoms with Crippen LogP contribution >= 0.6 is 11.3 Å². The maximum atomic E-state index is 5.59. The van der Waals surface area contributed by atoms with Gasteiger partial charge < -0.3 is 10.1 Å². The largest absolute Gasteiger partial charge is 0.381 e. The lowest BCUT2D eigenvalue weighted by Gasteiger charge is -2.21. The summed E-state index contributed by atoms with van der Waals surface area (Å²) < 4.78 is 5.59. The molecule has 0 spiro atoms. The lowest BCUT2D eigenvalue weighted by atomic mass is 10.0. The van der Waals surface area contributed by atoms with E-state index in [0.29, 0.717) is 5.92 Å². The van der Waals surface area contributed by atoms with Crippen LogP contribution in [-0.2, 0) is 17.6 Å². The van der Waals surface area contributed by atoms with Crippen molar-refractivity contribution < 1.29 is 4.74 Å². The van der Waals surface area contributed by atoms with Crippen LogP contribution in [0.15, 0.2) is 0 Å². The van der Waals surface area contributed by atoms with E-state index in [0.717, 1.165) is 42.5 Å². The SMILES string of the molecule is CNc1nc(C2CCCOC2)nc2sc3c(c12)CCC3. The molecule has 106 valence electrons. The minimum absolute atomic E-state index is 0.359. The minimum atomic E-state index is 0.359. The van der Waals surface area contributed by atoms with E-state index < -0.39 is 0 Å². The molecule has 5 heteroatoms. The smallest absolute Gasteiger partial charge is 0.138 e. The average Bonchev–Trinajstić information content (AvgIpc) is 3.07. The van der Waals surface area contributed by atoms with Crippen LogP contribution in [0.5, 0.6) is 0 Å². The monoisotopic (exact) mass is 289 g/mol. The zero-order chi connectivity index (χ0) is 13.5. The number of hydrogen-bond donors (Lipinski definition) is 1. The van der Waals surface area contributed by atoms with Gasteiger partial charge in [-0.2, -0.15) is 0 Å². The van der Waals surface area contributed by atoms with Crippen molar-refractivity contribution in [2.24, 2.45) is 0 Å². The molecule has 4 nitrogen and oxygen atoms in total. The van der Waals surface area contributed by atoms with Gasteiger partial charge in [0, 0.05) is 24.4 Å². The predicted octanol–water partition coefficient (Wildman–Crippen LogP) is 3.12. The van der Waals surface area contributed by atoms with E-state index in [1.165, 1.54) is 35.1 Å². The van der Waals surface area contributed by atoms with Crippen molar-refractivity contribution in [1.29, 1.82) is 0 Å². The first-order chi connectivity index (χ1) is 9.86. The van der Waals surface area contributed by atoms with Gasteiger partial charge in [0.1, 0.15) is 16.5 Å². The van der Waals surface area contributed by atoms with Gasteiger partial charge in [-0.15, -0.1) is 11.3 Å². The Morgan fingerprint density at radius 2 is 2.20 bits per heavy atom. The number of ether oxygens (including phenoxy) is 1. The van der Waals surface area contributed by atoms with Crippen molar-refractivity contribution in [3.8, 4) is 0 Å². The van der Waals surface area contributed by atoms with Crippen molar-refractivity contribution in [2.45, 2.75) is 38.0 Å². The number of aromatic nitrogens is 2. The fourth-order valence-electron chi connectivity index (χ4n) is 3.32. The first-order valence-corrected chi connectivity index (χ1v) is 8.26. The molecule has 0 aromatic carbocycles. The van der Waals surface area contributed by atoms with Gasteiger partial charge in [-0.3, -0.25) is 0 Å². The van der Waals surface area contributed by atoms with Gasteiger partial charge in [-0.25, -0.2) is 9.97 Å². The number of anilines is 1. The van der Waals surface area contributed by atoms with Crippen LogP contribution in [0.3, 0.4) is 0 Å². The summed E-state index contributed by atoms with van der Waals surface area (Å²) in [6.45, 7) is 1.64. The van der Waals surface area contributed by atoms with E-state index in [1.54, 1.807) is 0 Å². The van der Waals surface area contributed by atoms with Crippen LogP contribution in [0.2, 0.25) is 0 Å². The molecular formula is C15H19N3OS. The Hall–Kier alpha value is -1.20. The molecule has 1 atom stereocenters. The van der Waals surface area contributed by atoms with Gasteiger partial charge in [-0.1, -0.05) is 0 Å². The Labute approximate surface area is 122 Å². The van der Waals surface area contributed by atoms with Crippen LogP contribution in [0.4, 0.5) is 5.82 Å². The number of nitrogens with zero attached hydrogens (tertiary/aromatic N) is 2. The van der Waals surface area contributed by atoms with E-state index in [-0.39, 0.29) is 0 Å². The van der Waals surface area contributed by atoms with Crippen molar-refractivity contribution in [3.63, 3.8) is 0 Å². The second-order valence-electron chi connectivity index (χ2n) is 5.63. The molecule has 1 fully saturated rings. The standard InChI is InChI=1S/C15H19N3OS/c1-16-14-12-10-5-2-6-11(10)20-15(12)18-13(17-14)9-4-3-7-19-8-9/h9H,2-8H2,1H3,(H,16,17,18). The number of rotatable bonds is 2. The Morgan fingerprint density at radius 3 is 3.00 bits per heavy atom. The molecule has 1 unspecified atom stereocenters. The number of aryl methyl sites for hydroxylation is 2. The highest BCUT2D eigenvalue weighted by Gasteiger charge is 2.25. The quantitative estimate of drug-likeness (QED) is 0.923. The van der Waals surface area contributed by atoms with Crippen molar-refractivity contribution in [1.82, 2.24) is 9.97 Å². The summed E-state index contributed by atoms with van der Waals surface area (Å²) in [6.07, 6.45) is 5.92. The van der Waals surface area contributed by atoms with Gasteiger partial charge in [0.05, 0.1) is 12.0 Å². The highest BCUT2D eigenvalue weighted by Crippen LogP contribution is 2.40. The molecule has 1 aliphatic carbocycles. The van der Waals surface area contributed by atoms with Gasteiger partial charge in [0.15, 0.2) is 0 Å². The Balaban J connectivity index is 1.84. The van der Waals surface area contributed by atoms with E-state index >= 15 is 0 Å². The third-order valence-electron chi connectivity index (χ3n) is 4.34. The van der Waals surface area contributed by atoms with E-state index in [4.69, 9.17) is 14.7 Å². The van der Waals surface area contributed by atoms with E-state index in [1.807, 2.05) is 18.4 Å². The molecule has 4 rings (SSSR count). The van der Waals surface area contributed by atoms with Crippen LogP contribution in [0.25, 0.3) is 10.2 Å². The molecule has 2 aliphatic rings. The molecule has 1 saturated heterocycles. The zero-order valence-electron chi connectivity index (χ0n) is 11.7. The second-order valence-corrected chi connectivity index (χ2v) is 6.72. The minimum Gasteiger partial charge on any atom is -0.381 e. The lowest BCUT2D eigenvalue weighted by Crippen LogP contribution is -2.18. The third-order valence-corrected chi connectivity index (χ3v) is 5.53. The number of nitrogens with one attached hydrogen (secondary N) is 1. The summed E-state index contributed by atoms with van der Waals surface area (Å²) in [6, 6.07) is 0. The summed E-state index contributed by atoms with van der Waals surface area (Å²) in [5.74, 6) is 2.33. The van der Waals surface area contributed by atoms with Crippen molar-refractivity contribution in [2.75, 3.05) is 25.6 Å². The first kappa shape index (κ1) is 12.5. The molecule has 20 heavy (non-hydrogen) atoms. The van der Waals surface area contributed by atoms with Crippen LogP contribution in [-0.4, -0.2) is 30.2 Å². The molecule has 2 aromatic heterocycles. The molecule has 3 heterocycles. The maximum Gasteiger partial charge on any atom is 0.138 e. The summed E-state index contributed by atoms with van der Waals surface area (Å²) in [5.41, 5.74) is 1.49. The highest BCUT2D eigenvalue weighted by molar-refractivity contribution is 7.19. The van der Waals surface area contributed by atoms with Gasteiger partial charge in [-0.05, 0) is 37.7 Å². The maximum absolute atomic E-state index is 5.59. The summed E-state index contributed by atoms with van der Waals surface area (Å²) in [5, 5.41) is 4.55. The zero-order valence-corrected chi connectivity index (χ0v) is 12.6. The van der Waals surface area contributed by atoms with E-state index in [2.05, 4.69) is 5.32 Å². The molecule has 1 aliphatic heterocycles. The molecule has 1 N–H and O–H groups in total. The summed E-state index contributed by atoms with van der Waals surface area (Å²) in [4.78, 5) is 12.3. The average molecular weight is 289 g/mol. The number of fused-ring (bicyclic) bond motifs is 3. The summed E-state index contributed by atoms with van der Waals surface area (Å²) >= 11 is 1.86. The third kappa shape index (κ3) is 1.91. The topological polar surface area (TPSA) is 47.0 Å². The van der Waals surface area contributed by atoms with Crippen LogP contribution in [0, 0.1) is 0 Å². The molecule has 0 saturated carbocycles. The molecule has 0 radical (unpaired) electrons. The van der Waals surface area contributed by atoms with E-state index in [9.17, 15) is 0 Å². The fraction of sp³-hybridized carbons (Fsp3) is 0.600. The molecular weight excluding hydrogens is 270 g/mol. The molecule has 0 bridgehead atoms. The number of thiophene rings is 1. The van der Waals surface area contributed by atoms with Gasteiger partial charge in [0.25, 0.3) is 0 Å². The number of hydrogen-bond acceptors (Lipinski definition) is 5. The Morgan fingerprint density at radius 1 is 1.25 bits per heavy atom. The van der Waals surface area contributed by atoms with Gasteiger partial charge in [0.2, 0.25) is 0 Å². The van der Waals surface area contributed by atoms with Crippen molar-refractivity contribution >= 4 is 27.4 Å².